The monoisotopic (exact) mass is 659 g/mol. The minimum Gasteiger partial charge on any atom is -0.469 e. The minimum absolute atomic E-state index is 0.0577. The molecule has 242 valence electrons. The molecule has 0 radical (unpaired) electrons. The summed E-state index contributed by atoms with van der Waals surface area (Å²) in [4.78, 5) is 22.4. The van der Waals surface area contributed by atoms with Crippen LogP contribution in [0, 0.1) is 10.1 Å². The summed E-state index contributed by atoms with van der Waals surface area (Å²) in [6.07, 6.45) is 0.611. The zero-order valence-electron chi connectivity index (χ0n) is 26.2. The van der Waals surface area contributed by atoms with E-state index in [1.165, 1.54) is 35.7 Å². The Morgan fingerprint density at radius 2 is 1.42 bits per heavy atom. The number of fused-ring (bicyclic) bond motifs is 1. The number of carbonyl (C=O) groups excluding carboxylic acids is 1. The van der Waals surface area contributed by atoms with Crippen molar-refractivity contribution < 1.29 is 22.9 Å². The third-order valence-electron chi connectivity index (χ3n) is 8.27. The van der Waals surface area contributed by atoms with Crippen LogP contribution in [0.1, 0.15) is 23.1 Å². The summed E-state index contributed by atoms with van der Waals surface area (Å²) in [5.74, 6) is -0.343. The summed E-state index contributed by atoms with van der Waals surface area (Å²) in [6.45, 7) is 0.543. The number of methoxy groups -OCH3 is 1. The maximum atomic E-state index is 14.1. The Balaban J connectivity index is 1.32. The molecule has 0 unspecified atom stereocenters. The third-order valence-corrected chi connectivity index (χ3v) is 10.1. The van der Waals surface area contributed by atoms with E-state index in [-0.39, 0.29) is 18.9 Å². The van der Waals surface area contributed by atoms with E-state index >= 15 is 0 Å². The van der Waals surface area contributed by atoms with Gasteiger partial charge in [0.05, 0.1) is 24.3 Å². The number of benzene rings is 5. The number of rotatable bonds is 12. The number of aromatic nitrogens is 1. The molecule has 0 saturated carbocycles. The molecule has 0 atom stereocenters. The van der Waals surface area contributed by atoms with E-state index in [9.17, 15) is 23.3 Å². The first kappa shape index (κ1) is 32.2. The fourth-order valence-corrected chi connectivity index (χ4v) is 7.38. The number of nitrogens with zero attached hydrogens (tertiary/aromatic N) is 3. The molecule has 10 heteroatoms. The number of nitro groups is 1. The van der Waals surface area contributed by atoms with Crippen molar-refractivity contribution in [1.29, 1.82) is 0 Å². The van der Waals surface area contributed by atoms with Gasteiger partial charge in [0.2, 0.25) is 0 Å². The van der Waals surface area contributed by atoms with E-state index in [0.717, 1.165) is 33.3 Å². The molecule has 0 N–H and O–H groups in total. The number of hydrogen-bond donors (Lipinski definition) is 0. The summed E-state index contributed by atoms with van der Waals surface area (Å²) in [5, 5.41) is 13.0. The summed E-state index contributed by atoms with van der Waals surface area (Å²) >= 11 is 0. The topological polar surface area (TPSA) is 112 Å². The third kappa shape index (κ3) is 6.84. The molecule has 0 fully saturated rings. The lowest BCUT2D eigenvalue weighted by molar-refractivity contribution is -0.387. The highest BCUT2D eigenvalue weighted by atomic mass is 32.2. The highest BCUT2D eigenvalue weighted by Crippen LogP contribution is 2.32. The van der Waals surface area contributed by atoms with Gasteiger partial charge in [-0.15, -0.1) is 0 Å². The van der Waals surface area contributed by atoms with Crippen LogP contribution < -0.4 is 4.31 Å². The van der Waals surface area contributed by atoms with Crippen LogP contribution in [0.25, 0.3) is 22.2 Å². The first-order chi connectivity index (χ1) is 23.2. The second-order valence-corrected chi connectivity index (χ2v) is 13.2. The van der Waals surface area contributed by atoms with Gasteiger partial charge in [-0.25, -0.2) is 8.42 Å². The number of ether oxygens (including phenoxy) is 1. The van der Waals surface area contributed by atoms with Gasteiger partial charge in [0.1, 0.15) is 0 Å². The fourth-order valence-electron chi connectivity index (χ4n) is 5.76. The van der Waals surface area contributed by atoms with Gasteiger partial charge in [0.15, 0.2) is 4.90 Å². The zero-order chi connectivity index (χ0) is 33.7. The zero-order valence-corrected chi connectivity index (χ0v) is 27.0. The molecular formula is C38H33N3O6S. The van der Waals surface area contributed by atoms with E-state index in [1.807, 2.05) is 54.6 Å². The van der Waals surface area contributed by atoms with E-state index < -0.39 is 25.5 Å². The lowest BCUT2D eigenvalue weighted by atomic mass is 10.1. The van der Waals surface area contributed by atoms with Crippen LogP contribution in [0.3, 0.4) is 0 Å². The largest absolute Gasteiger partial charge is 0.469 e. The average molecular weight is 660 g/mol. The summed E-state index contributed by atoms with van der Waals surface area (Å²) in [5.41, 5.74) is 5.71. The van der Waals surface area contributed by atoms with Crippen molar-refractivity contribution in [2.24, 2.45) is 0 Å². The van der Waals surface area contributed by atoms with Crippen molar-refractivity contribution in [3.8, 4) is 11.3 Å². The molecule has 1 heterocycles. The van der Waals surface area contributed by atoms with Crippen molar-refractivity contribution in [2.75, 3.05) is 11.4 Å². The predicted molar refractivity (Wildman–Crippen MR) is 186 cm³/mol. The van der Waals surface area contributed by atoms with Gasteiger partial charge in [-0.3, -0.25) is 19.2 Å². The van der Waals surface area contributed by atoms with Gasteiger partial charge in [0, 0.05) is 35.6 Å². The van der Waals surface area contributed by atoms with Crippen LogP contribution >= 0.6 is 0 Å². The maximum absolute atomic E-state index is 14.1. The molecule has 6 aromatic rings. The van der Waals surface area contributed by atoms with Crippen LogP contribution in [-0.4, -0.2) is 31.0 Å². The SMILES string of the molecule is COC(=O)CCc1ccc(N(Cc2ccc(Cn3c(-c4ccccc4)cc4ccccc43)cc2)S(=O)(=O)c2ccccc2[N+](=O)[O-])cc1. The van der Waals surface area contributed by atoms with Gasteiger partial charge in [-0.2, -0.15) is 0 Å². The van der Waals surface area contributed by atoms with Gasteiger partial charge < -0.3 is 9.30 Å². The Morgan fingerprint density at radius 1 is 0.792 bits per heavy atom. The van der Waals surface area contributed by atoms with Crippen LogP contribution in [0.5, 0.6) is 0 Å². The van der Waals surface area contributed by atoms with Crippen molar-refractivity contribution in [3.05, 3.63) is 160 Å². The van der Waals surface area contributed by atoms with Crippen LogP contribution in [0.2, 0.25) is 0 Å². The molecule has 0 bridgehead atoms. The normalized spacial score (nSPS) is 11.4. The molecule has 0 spiro atoms. The lowest BCUT2D eigenvalue weighted by Crippen LogP contribution is -2.31. The molecule has 48 heavy (non-hydrogen) atoms. The number of aryl methyl sites for hydroxylation is 1. The van der Waals surface area contributed by atoms with E-state index in [4.69, 9.17) is 4.74 Å². The molecule has 0 aliphatic rings. The van der Waals surface area contributed by atoms with Gasteiger partial charge in [-0.05, 0) is 59.0 Å². The number of esters is 1. The van der Waals surface area contributed by atoms with Gasteiger partial charge in [0.25, 0.3) is 15.7 Å². The van der Waals surface area contributed by atoms with Gasteiger partial charge >= 0.3 is 5.97 Å². The van der Waals surface area contributed by atoms with Crippen molar-refractivity contribution in [3.63, 3.8) is 0 Å². The summed E-state index contributed by atoms with van der Waals surface area (Å²) in [7, 11) is -3.04. The van der Waals surface area contributed by atoms with E-state index in [1.54, 1.807) is 24.3 Å². The highest BCUT2D eigenvalue weighted by Gasteiger charge is 2.32. The minimum atomic E-state index is -4.37. The van der Waals surface area contributed by atoms with Crippen molar-refractivity contribution in [1.82, 2.24) is 4.57 Å². The first-order valence-electron chi connectivity index (χ1n) is 15.4. The molecule has 1 aromatic heterocycles. The number of sulfonamides is 1. The smallest absolute Gasteiger partial charge is 0.305 e. The molecule has 0 amide bonds. The highest BCUT2D eigenvalue weighted by molar-refractivity contribution is 7.93. The number of nitro benzene ring substituents is 1. The molecule has 9 nitrogen and oxygen atoms in total. The number of hydrogen-bond acceptors (Lipinski definition) is 6. The Kier molecular flexibility index (Phi) is 9.36. The second-order valence-electron chi connectivity index (χ2n) is 11.3. The molecule has 0 saturated heterocycles. The van der Waals surface area contributed by atoms with Crippen molar-refractivity contribution in [2.45, 2.75) is 30.8 Å². The number of para-hydroxylation sites is 2. The molecular weight excluding hydrogens is 627 g/mol. The predicted octanol–water partition coefficient (Wildman–Crippen LogP) is 7.77. The Hall–Kier alpha value is -5.74. The standard InChI is InChI=1S/C38H33N3O6S/c1-47-38(42)24-21-28-19-22-33(23-20-28)40(48(45,46)37-14-8-7-13-35(37)41(43)44)27-30-17-15-29(16-18-30)26-39-34-12-6-5-11-32(34)25-36(39)31-9-3-2-4-10-31/h2-20,22-23,25H,21,24,26-27H2,1H3. The van der Waals surface area contributed by atoms with Crippen molar-refractivity contribution >= 4 is 38.3 Å². The fraction of sp³-hybridized carbons (Fsp3) is 0.132. The Bertz CT molecular complexity index is 2180. The summed E-state index contributed by atoms with van der Waals surface area (Å²) < 4.78 is 36.4. The van der Waals surface area contributed by atoms with Crippen LogP contribution in [0.4, 0.5) is 11.4 Å². The first-order valence-corrected chi connectivity index (χ1v) is 16.8. The average Bonchev–Trinajstić information content (AvgIpc) is 3.48. The molecule has 0 aliphatic heterocycles. The summed E-state index contributed by atoms with van der Waals surface area (Å²) in [6, 6.07) is 40.5. The second kappa shape index (κ2) is 13.9. The van der Waals surface area contributed by atoms with Crippen LogP contribution in [0.15, 0.2) is 138 Å². The molecule has 5 aromatic carbocycles. The lowest BCUT2D eigenvalue weighted by Gasteiger charge is -2.25. The van der Waals surface area contributed by atoms with E-state index in [0.29, 0.717) is 24.2 Å². The van der Waals surface area contributed by atoms with E-state index in [2.05, 4.69) is 34.9 Å². The quantitative estimate of drug-likeness (QED) is 0.0754. The maximum Gasteiger partial charge on any atom is 0.305 e. The molecule has 0 aliphatic carbocycles. The number of anilines is 1. The van der Waals surface area contributed by atoms with Gasteiger partial charge in [-0.1, -0.05) is 97.1 Å². The Labute approximate surface area is 278 Å². The Morgan fingerprint density at radius 3 is 2.12 bits per heavy atom. The number of carbonyl (C=O) groups is 1. The molecule has 6 rings (SSSR count). The van der Waals surface area contributed by atoms with Crippen LogP contribution in [-0.2, 0) is 39.1 Å².